The molecule has 0 bridgehead atoms. The van der Waals surface area contributed by atoms with E-state index in [1.54, 1.807) is 6.07 Å². The van der Waals surface area contributed by atoms with E-state index in [0.717, 1.165) is 24.2 Å². The Labute approximate surface area is 173 Å². The smallest absolute Gasteiger partial charge is 0.328 e. The summed E-state index contributed by atoms with van der Waals surface area (Å²) in [7, 11) is 0. The van der Waals surface area contributed by atoms with Crippen molar-refractivity contribution in [1.29, 1.82) is 0 Å². The molecule has 2 heterocycles. The monoisotopic (exact) mass is 422 g/mol. The second-order valence-electron chi connectivity index (χ2n) is 7.61. The van der Waals surface area contributed by atoms with Crippen molar-refractivity contribution in [2.45, 2.75) is 44.6 Å². The second kappa shape index (κ2) is 10.8. The molecule has 164 valence electrons. The number of carboxylic acid groups (broad SMARTS) is 2. The summed E-state index contributed by atoms with van der Waals surface area (Å²) in [6, 6.07) is 4.45. The van der Waals surface area contributed by atoms with Crippen LogP contribution in [-0.4, -0.2) is 62.6 Å². The SMILES string of the molecule is CC(O)(CCc1noc2cc(F)ccc12)CN1CCCCC1.O=C(O)/C=C/C(=O)O. The van der Waals surface area contributed by atoms with Gasteiger partial charge in [0.15, 0.2) is 5.58 Å². The Morgan fingerprint density at radius 2 is 1.83 bits per heavy atom. The average molecular weight is 422 g/mol. The highest BCUT2D eigenvalue weighted by molar-refractivity contribution is 5.89. The number of likely N-dealkylation sites (tertiary alicyclic amines) is 1. The Balaban J connectivity index is 0.000000343. The lowest BCUT2D eigenvalue weighted by molar-refractivity contribution is -0.134. The summed E-state index contributed by atoms with van der Waals surface area (Å²) in [5.41, 5.74) is 0.502. The van der Waals surface area contributed by atoms with E-state index in [1.807, 2.05) is 6.92 Å². The normalized spacial score (nSPS) is 16.8. The molecule has 0 saturated carbocycles. The van der Waals surface area contributed by atoms with Crippen LogP contribution in [0.15, 0.2) is 34.9 Å². The molecule has 3 N–H and O–H groups in total. The molecule has 30 heavy (non-hydrogen) atoms. The number of rotatable bonds is 7. The zero-order chi connectivity index (χ0) is 22.1. The molecule has 1 aliphatic rings. The predicted octanol–water partition coefficient (Wildman–Crippen LogP) is 2.85. The van der Waals surface area contributed by atoms with Crippen LogP contribution in [0.4, 0.5) is 4.39 Å². The number of aliphatic carboxylic acids is 2. The Bertz CT molecular complexity index is 871. The summed E-state index contributed by atoms with van der Waals surface area (Å²) < 4.78 is 18.3. The van der Waals surface area contributed by atoms with Crippen molar-refractivity contribution in [1.82, 2.24) is 10.1 Å². The molecule has 2 aromatic rings. The van der Waals surface area contributed by atoms with E-state index in [2.05, 4.69) is 10.1 Å². The fraction of sp³-hybridized carbons (Fsp3) is 0.476. The van der Waals surface area contributed by atoms with Crippen molar-refractivity contribution in [3.8, 4) is 0 Å². The van der Waals surface area contributed by atoms with E-state index in [0.29, 0.717) is 37.1 Å². The lowest BCUT2D eigenvalue weighted by atomic mass is 9.96. The highest BCUT2D eigenvalue weighted by Crippen LogP contribution is 2.23. The summed E-state index contributed by atoms with van der Waals surface area (Å²) in [5, 5.41) is 31.1. The topological polar surface area (TPSA) is 124 Å². The third-order valence-electron chi connectivity index (χ3n) is 4.79. The van der Waals surface area contributed by atoms with Gasteiger partial charge in [-0.3, -0.25) is 0 Å². The van der Waals surface area contributed by atoms with Crippen molar-refractivity contribution in [3.05, 3.63) is 41.9 Å². The van der Waals surface area contributed by atoms with Crippen molar-refractivity contribution in [2.75, 3.05) is 19.6 Å². The zero-order valence-corrected chi connectivity index (χ0v) is 16.9. The quantitative estimate of drug-likeness (QED) is 0.582. The van der Waals surface area contributed by atoms with Crippen LogP contribution in [0.2, 0.25) is 0 Å². The van der Waals surface area contributed by atoms with Gasteiger partial charge in [0.2, 0.25) is 0 Å². The van der Waals surface area contributed by atoms with Crippen molar-refractivity contribution in [3.63, 3.8) is 0 Å². The number of aryl methyl sites for hydroxylation is 1. The zero-order valence-electron chi connectivity index (χ0n) is 16.9. The van der Waals surface area contributed by atoms with Crippen LogP contribution in [0, 0.1) is 5.82 Å². The van der Waals surface area contributed by atoms with Crippen LogP contribution >= 0.6 is 0 Å². The fourth-order valence-electron chi connectivity index (χ4n) is 3.35. The minimum Gasteiger partial charge on any atom is -0.478 e. The number of aromatic nitrogens is 1. The molecule has 0 spiro atoms. The largest absolute Gasteiger partial charge is 0.478 e. The second-order valence-corrected chi connectivity index (χ2v) is 7.61. The predicted molar refractivity (Wildman–Crippen MR) is 108 cm³/mol. The Morgan fingerprint density at radius 1 is 1.20 bits per heavy atom. The van der Waals surface area contributed by atoms with E-state index >= 15 is 0 Å². The number of halogens is 1. The number of piperidine rings is 1. The van der Waals surface area contributed by atoms with E-state index in [4.69, 9.17) is 14.7 Å². The molecule has 1 aliphatic heterocycles. The number of carbonyl (C=O) groups is 2. The van der Waals surface area contributed by atoms with Crippen molar-refractivity contribution in [2.24, 2.45) is 0 Å². The number of aliphatic hydroxyl groups is 1. The van der Waals surface area contributed by atoms with Gasteiger partial charge in [-0.2, -0.15) is 0 Å². The molecule has 0 amide bonds. The maximum atomic E-state index is 13.1. The number of hydrogen-bond donors (Lipinski definition) is 3. The van der Waals surface area contributed by atoms with Crippen LogP contribution in [0.1, 0.15) is 38.3 Å². The Morgan fingerprint density at radius 3 is 2.43 bits per heavy atom. The van der Waals surface area contributed by atoms with Gasteiger partial charge in [0.1, 0.15) is 5.82 Å². The number of fused-ring (bicyclic) bond motifs is 1. The summed E-state index contributed by atoms with van der Waals surface area (Å²) in [6.07, 6.45) is 6.08. The molecule has 0 radical (unpaired) electrons. The number of carboxylic acids is 2. The van der Waals surface area contributed by atoms with Crippen LogP contribution in [0.5, 0.6) is 0 Å². The molecule has 1 aromatic heterocycles. The lowest BCUT2D eigenvalue weighted by Gasteiger charge is -2.33. The number of nitrogens with zero attached hydrogens (tertiary/aromatic N) is 2. The van der Waals surface area contributed by atoms with Gasteiger partial charge in [0.05, 0.1) is 11.3 Å². The first-order chi connectivity index (χ1) is 14.2. The van der Waals surface area contributed by atoms with Crippen molar-refractivity contribution >= 4 is 22.9 Å². The number of β-amino-alcohol motifs (C(OH)–C–C–N with tert-alkyl or cyclic N) is 1. The van der Waals surface area contributed by atoms with Crippen LogP contribution < -0.4 is 0 Å². The molecule has 1 aromatic carbocycles. The van der Waals surface area contributed by atoms with Crippen LogP contribution in [0.25, 0.3) is 11.0 Å². The minimum absolute atomic E-state index is 0.327. The van der Waals surface area contributed by atoms with Crippen molar-refractivity contribution < 1.29 is 33.8 Å². The standard InChI is InChI=1S/C17H23FN2O2.C4H4O4/c1-17(21,12-20-9-3-2-4-10-20)8-7-15-14-6-5-13(18)11-16(14)22-19-15;5-3(6)1-2-4(7)8/h5-6,11,21H,2-4,7-10,12H2,1H3;1-2H,(H,5,6)(H,7,8)/b;2-1+. The van der Waals surface area contributed by atoms with Gasteiger partial charge in [-0.15, -0.1) is 0 Å². The third kappa shape index (κ3) is 7.92. The molecular formula is C21H27FN2O6. The van der Waals surface area contributed by atoms with Gasteiger partial charge in [-0.25, -0.2) is 14.0 Å². The Kier molecular flexibility index (Phi) is 8.49. The number of hydrogen-bond acceptors (Lipinski definition) is 6. The fourth-order valence-corrected chi connectivity index (χ4v) is 3.35. The first kappa shape index (κ1) is 23.5. The molecule has 1 saturated heterocycles. The van der Waals surface area contributed by atoms with E-state index in [1.165, 1.54) is 31.4 Å². The summed E-state index contributed by atoms with van der Waals surface area (Å²) in [5.74, 6) is -2.84. The summed E-state index contributed by atoms with van der Waals surface area (Å²) >= 11 is 0. The molecule has 3 rings (SSSR count). The first-order valence-corrected chi connectivity index (χ1v) is 9.79. The molecule has 1 fully saturated rings. The van der Waals surface area contributed by atoms with Gasteiger partial charge in [0.25, 0.3) is 0 Å². The first-order valence-electron chi connectivity index (χ1n) is 9.79. The van der Waals surface area contributed by atoms with Gasteiger partial charge in [-0.05, 0) is 57.8 Å². The van der Waals surface area contributed by atoms with Gasteiger partial charge in [0, 0.05) is 30.1 Å². The average Bonchev–Trinajstić information content (AvgIpc) is 3.08. The molecule has 8 nitrogen and oxygen atoms in total. The van der Waals surface area contributed by atoms with Crippen LogP contribution in [0.3, 0.4) is 0 Å². The highest BCUT2D eigenvalue weighted by atomic mass is 19.1. The van der Waals surface area contributed by atoms with Gasteiger partial charge < -0.3 is 24.7 Å². The lowest BCUT2D eigenvalue weighted by Crippen LogP contribution is -2.43. The van der Waals surface area contributed by atoms with Gasteiger partial charge >= 0.3 is 11.9 Å². The molecule has 1 unspecified atom stereocenters. The third-order valence-corrected chi connectivity index (χ3v) is 4.79. The molecular weight excluding hydrogens is 395 g/mol. The van der Waals surface area contributed by atoms with Gasteiger partial charge in [-0.1, -0.05) is 11.6 Å². The van der Waals surface area contributed by atoms with E-state index in [-0.39, 0.29) is 5.82 Å². The summed E-state index contributed by atoms with van der Waals surface area (Å²) in [4.78, 5) is 21.4. The Hall–Kier alpha value is -2.78. The highest BCUT2D eigenvalue weighted by Gasteiger charge is 2.25. The van der Waals surface area contributed by atoms with E-state index < -0.39 is 17.5 Å². The summed E-state index contributed by atoms with van der Waals surface area (Å²) in [6.45, 7) is 4.71. The molecule has 0 aliphatic carbocycles. The molecule has 1 atom stereocenters. The van der Waals surface area contributed by atoms with Crippen LogP contribution in [-0.2, 0) is 16.0 Å². The maximum absolute atomic E-state index is 13.1. The molecule has 9 heteroatoms. The number of benzene rings is 1. The maximum Gasteiger partial charge on any atom is 0.328 e. The van der Waals surface area contributed by atoms with E-state index in [9.17, 15) is 19.1 Å². The minimum atomic E-state index is -1.26.